The van der Waals surface area contributed by atoms with Gasteiger partial charge in [-0.2, -0.15) is 0 Å². The number of rotatable bonds is 3. The molecule has 0 N–H and O–H groups in total. The molecule has 0 radical (unpaired) electrons. The van der Waals surface area contributed by atoms with Crippen molar-refractivity contribution in [1.82, 2.24) is 0 Å². The average Bonchev–Trinajstić information content (AvgIpc) is 2.33. The molecule has 0 atom stereocenters. The van der Waals surface area contributed by atoms with E-state index < -0.39 is 0 Å². The Morgan fingerprint density at radius 3 is 1.47 bits per heavy atom. The van der Waals surface area contributed by atoms with E-state index >= 15 is 0 Å². The molecule has 0 nitrogen and oxygen atoms in total. The SMILES string of the molecule is [Zr+2]=[SiH]C(c1ccccc1)c1ccccc1. The molecule has 0 saturated heterocycles. The first kappa shape index (κ1) is 11.0. The first-order valence-corrected chi connectivity index (χ1v) is 10.5. The predicted molar refractivity (Wildman–Crippen MR) is 61.9 cm³/mol. The molecule has 0 aliphatic rings. The van der Waals surface area contributed by atoms with Crippen molar-refractivity contribution < 1.29 is 23.3 Å². The summed E-state index contributed by atoms with van der Waals surface area (Å²) in [5.74, 6) is 0. The van der Waals surface area contributed by atoms with Gasteiger partial charge in [-0.05, 0) is 0 Å². The second-order valence-corrected chi connectivity index (χ2v) is 6.92. The maximum atomic E-state index is 2.24. The number of hydrogen-bond donors (Lipinski definition) is 0. The van der Waals surface area contributed by atoms with Gasteiger partial charge in [0.2, 0.25) is 0 Å². The van der Waals surface area contributed by atoms with Gasteiger partial charge < -0.3 is 0 Å². The zero-order valence-corrected chi connectivity index (χ0v) is 12.0. The average molecular weight is 288 g/mol. The van der Waals surface area contributed by atoms with Gasteiger partial charge in [-0.3, -0.25) is 0 Å². The molecule has 2 aromatic carbocycles. The number of hydrogen-bond acceptors (Lipinski definition) is 0. The van der Waals surface area contributed by atoms with Gasteiger partial charge in [0, 0.05) is 0 Å². The van der Waals surface area contributed by atoms with Crippen molar-refractivity contribution in [2.45, 2.75) is 5.54 Å². The van der Waals surface area contributed by atoms with Gasteiger partial charge in [0.1, 0.15) is 0 Å². The molecule has 2 heteroatoms. The van der Waals surface area contributed by atoms with E-state index in [2.05, 4.69) is 60.7 Å². The van der Waals surface area contributed by atoms with Gasteiger partial charge in [-0.1, -0.05) is 0 Å². The van der Waals surface area contributed by atoms with Crippen molar-refractivity contribution in [3.05, 3.63) is 71.8 Å². The third-order valence-electron chi connectivity index (χ3n) is 2.48. The monoisotopic (exact) mass is 286 g/mol. The molecule has 2 rings (SSSR count). The summed E-state index contributed by atoms with van der Waals surface area (Å²) in [6.07, 6.45) is 0.508. The second kappa shape index (κ2) is 5.58. The van der Waals surface area contributed by atoms with Crippen LogP contribution in [0.5, 0.6) is 0 Å². The molecule has 0 aromatic heterocycles. The van der Waals surface area contributed by atoms with Gasteiger partial charge >= 0.3 is 107 Å². The molecule has 0 heterocycles. The fourth-order valence-electron chi connectivity index (χ4n) is 1.71. The van der Waals surface area contributed by atoms with Gasteiger partial charge in [-0.25, -0.2) is 0 Å². The van der Waals surface area contributed by atoms with Gasteiger partial charge in [0.05, 0.1) is 0 Å². The van der Waals surface area contributed by atoms with Crippen molar-refractivity contribution in [2.75, 3.05) is 0 Å². The minimum atomic E-state index is 0.508. The molecule has 0 fully saturated rings. The quantitative estimate of drug-likeness (QED) is 0.762. The van der Waals surface area contributed by atoms with E-state index in [-0.39, 0.29) is 0 Å². The minimum absolute atomic E-state index is 0.508. The Balaban J connectivity index is 2.38. The molecule has 0 aliphatic carbocycles. The zero-order valence-electron chi connectivity index (χ0n) is 8.43. The zero-order chi connectivity index (χ0) is 10.5. The fourth-order valence-corrected chi connectivity index (χ4v) is 5.37. The summed E-state index contributed by atoms with van der Waals surface area (Å²) in [7, 11) is 0. The summed E-state index contributed by atoms with van der Waals surface area (Å²) in [5.41, 5.74) is 3.59. The molecule has 70 valence electrons. The first-order chi connectivity index (χ1) is 7.42. The van der Waals surface area contributed by atoms with Crippen LogP contribution in [0.25, 0.3) is 0 Å². The molecule has 0 saturated carbocycles. The van der Waals surface area contributed by atoms with E-state index in [4.69, 9.17) is 0 Å². The molecule has 15 heavy (non-hydrogen) atoms. The summed E-state index contributed by atoms with van der Waals surface area (Å²) < 4.78 is 0. The summed E-state index contributed by atoms with van der Waals surface area (Å²) in [6.45, 7) is 0. The Morgan fingerprint density at radius 1 is 0.733 bits per heavy atom. The van der Waals surface area contributed by atoms with E-state index in [1.54, 1.807) is 23.3 Å². The molecular formula is C13H12SiZr+2. The summed E-state index contributed by atoms with van der Waals surface area (Å²) in [5, 5.41) is 0. The summed E-state index contributed by atoms with van der Waals surface area (Å²) in [4.78, 5) is 0. The Labute approximate surface area is 106 Å². The van der Waals surface area contributed by atoms with Crippen LogP contribution in [0.3, 0.4) is 0 Å². The second-order valence-electron chi connectivity index (χ2n) is 3.47. The molecule has 0 spiro atoms. The normalized spacial score (nSPS) is 10.3. The van der Waals surface area contributed by atoms with Crippen LogP contribution in [0.4, 0.5) is 0 Å². The van der Waals surface area contributed by atoms with Gasteiger partial charge in [-0.15, -0.1) is 0 Å². The van der Waals surface area contributed by atoms with Crippen LogP contribution < -0.4 is 0 Å². The predicted octanol–water partition coefficient (Wildman–Crippen LogP) is 2.67. The Morgan fingerprint density at radius 2 is 1.13 bits per heavy atom. The molecule has 0 unspecified atom stereocenters. The van der Waals surface area contributed by atoms with Gasteiger partial charge in [0.25, 0.3) is 0 Å². The third kappa shape index (κ3) is 2.76. The van der Waals surface area contributed by atoms with Crippen LogP contribution in [-0.4, -0.2) is 6.16 Å². The Kier molecular flexibility index (Phi) is 4.10. The van der Waals surface area contributed by atoms with Crippen LogP contribution >= 0.6 is 0 Å². The number of benzene rings is 2. The third-order valence-corrected chi connectivity index (χ3v) is 6.05. The van der Waals surface area contributed by atoms with Crippen molar-refractivity contribution in [3.8, 4) is 0 Å². The molecule has 0 aliphatic heterocycles. The van der Waals surface area contributed by atoms with Crippen LogP contribution in [0, 0.1) is 0 Å². The van der Waals surface area contributed by atoms with E-state index in [9.17, 15) is 0 Å². The fraction of sp³-hybridized carbons (Fsp3) is 0.0769. The van der Waals surface area contributed by atoms with Crippen molar-refractivity contribution >= 4 is 6.16 Å². The van der Waals surface area contributed by atoms with Gasteiger partial charge in [0.15, 0.2) is 0 Å². The van der Waals surface area contributed by atoms with E-state index in [0.717, 1.165) is 0 Å². The summed E-state index contributed by atoms with van der Waals surface area (Å²) in [6, 6.07) is 21.7. The van der Waals surface area contributed by atoms with Crippen LogP contribution in [0.1, 0.15) is 16.7 Å². The van der Waals surface area contributed by atoms with E-state index in [1.807, 2.05) is 0 Å². The van der Waals surface area contributed by atoms with Crippen LogP contribution in [0.2, 0.25) is 0 Å². The Bertz CT molecular complexity index is 385. The maximum absolute atomic E-state index is 2.24. The molecule has 0 amide bonds. The molecule has 2 aromatic rings. The molecular weight excluding hydrogens is 275 g/mol. The van der Waals surface area contributed by atoms with Crippen LogP contribution in [-0.2, 0) is 23.3 Å². The summed E-state index contributed by atoms with van der Waals surface area (Å²) >= 11 is 1.68. The van der Waals surface area contributed by atoms with Crippen molar-refractivity contribution in [1.29, 1.82) is 0 Å². The topological polar surface area (TPSA) is 0 Å². The van der Waals surface area contributed by atoms with E-state index in [1.165, 1.54) is 11.1 Å². The standard InChI is InChI=1S/C13H12Si.Zr/c14-13(11-7-3-1-4-8-11)12-9-5-2-6-10-12;/h1-10,13-14H;/q;+2. The van der Waals surface area contributed by atoms with E-state index in [0.29, 0.717) is 11.7 Å². The van der Waals surface area contributed by atoms with Crippen molar-refractivity contribution in [3.63, 3.8) is 0 Å². The Hall–Kier alpha value is -0.460. The van der Waals surface area contributed by atoms with Crippen LogP contribution in [0.15, 0.2) is 60.7 Å². The van der Waals surface area contributed by atoms with Crippen molar-refractivity contribution in [2.24, 2.45) is 0 Å². The molecule has 0 bridgehead atoms. The first-order valence-electron chi connectivity index (χ1n) is 5.02.